The van der Waals surface area contributed by atoms with Crippen LogP contribution in [-0.4, -0.2) is 66.8 Å². The lowest BCUT2D eigenvalue weighted by Gasteiger charge is -2.30. The zero-order valence-corrected chi connectivity index (χ0v) is 21.3. The van der Waals surface area contributed by atoms with Crippen LogP contribution < -0.4 is 15.5 Å². The normalized spacial score (nSPS) is 12.8. The van der Waals surface area contributed by atoms with Crippen LogP contribution in [0.25, 0.3) is 11.3 Å². The van der Waals surface area contributed by atoms with Crippen molar-refractivity contribution in [3.63, 3.8) is 0 Å². The van der Waals surface area contributed by atoms with Gasteiger partial charge in [0.1, 0.15) is 23.4 Å². The fraction of sp³-hybridized carbons (Fsp3) is 0.400. The number of nitrogens with zero attached hydrogens (tertiary/aromatic N) is 6. The summed E-state index contributed by atoms with van der Waals surface area (Å²) in [6.45, 7) is 1.46. The standard InChI is InChI=1S/C25H30N8O4/c1-32-20(7-8-29-32)18-12-16-6-5-10-33(23(16)31-22(18)24(36-3)37-4)25(34)30-21-13-19(27-9-11-35-2)17(14-26)15-28-21/h7-8,12-13,15,24H,5-6,9-11H2,1-4H3,(H2,27,28,30,34). The molecule has 0 radical (unpaired) electrons. The smallest absolute Gasteiger partial charge is 0.328 e. The summed E-state index contributed by atoms with van der Waals surface area (Å²) in [6.07, 6.45) is 3.95. The van der Waals surface area contributed by atoms with Crippen molar-refractivity contribution in [3.8, 4) is 17.3 Å². The van der Waals surface area contributed by atoms with Gasteiger partial charge in [-0.25, -0.2) is 14.8 Å². The van der Waals surface area contributed by atoms with E-state index in [1.165, 1.54) is 6.20 Å². The average Bonchev–Trinajstić information content (AvgIpc) is 3.34. The Balaban J connectivity index is 1.66. The molecule has 194 valence electrons. The first-order valence-electron chi connectivity index (χ1n) is 11.8. The lowest BCUT2D eigenvalue weighted by Crippen LogP contribution is -2.40. The van der Waals surface area contributed by atoms with E-state index < -0.39 is 6.29 Å². The van der Waals surface area contributed by atoms with Crippen LogP contribution in [-0.2, 0) is 27.7 Å². The predicted molar refractivity (Wildman–Crippen MR) is 137 cm³/mol. The van der Waals surface area contributed by atoms with Crippen molar-refractivity contribution in [1.82, 2.24) is 19.7 Å². The Morgan fingerprint density at radius 3 is 2.76 bits per heavy atom. The number of ether oxygens (including phenoxy) is 3. The molecule has 2 N–H and O–H groups in total. The Morgan fingerprint density at radius 1 is 1.27 bits per heavy atom. The van der Waals surface area contributed by atoms with Crippen molar-refractivity contribution < 1.29 is 19.0 Å². The molecule has 0 saturated carbocycles. The quantitative estimate of drug-likeness (QED) is 0.331. The molecule has 4 heterocycles. The van der Waals surface area contributed by atoms with E-state index in [1.807, 2.05) is 19.2 Å². The van der Waals surface area contributed by atoms with Crippen molar-refractivity contribution in [3.05, 3.63) is 47.4 Å². The number of carbonyl (C=O) groups is 1. The zero-order chi connectivity index (χ0) is 26.4. The summed E-state index contributed by atoms with van der Waals surface area (Å²) in [5, 5.41) is 19.6. The monoisotopic (exact) mass is 506 g/mol. The van der Waals surface area contributed by atoms with Gasteiger partial charge >= 0.3 is 6.03 Å². The number of rotatable bonds is 9. The van der Waals surface area contributed by atoms with Crippen molar-refractivity contribution in [2.24, 2.45) is 7.05 Å². The number of amides is 2. The highest BCUT2D eigenvalue weighted by atomic mass is 16.7. The second-order valence-electron chi connectivity index (χ2n) is 8.38. The first kappa shape index (κ1) is 26.0. The van der Waals surface area contributed by atoms with E-state index in [1.54, 1.807) is 43.2 Å². The number of aryl methyl sites for hydroxylation is 2. The van der Waals surface area contributed by atoms with E-state index in [4.69, 9.17) is 19.2 Å². The number of nitrogens with one attached hydrogen (secondary N) is 2. The number of anilines is 3. The Labute approximate surface area is 215 Å². The van der Waals surface area contributed by atoms with Gasteiger partial charge in [0.15, 0.2) is 0 Å². The molecule has 3 aromatic rings. The topological polar surface area (TPSA) is 139 Å². The summed E-state index contributed by atoms with van der Waals surface area (Å²) in [7, 11) is 6.54. The highest BCUT2D eigenvalue weighted by molar-refractivity contribution is 6.01. The van der Waals surface area contributed by atoms with Gasteiger partial charge in [-0.15, -0.1) is 0 Å². The number of pyridine rings is 2. The number of carbonyl (C=O) groups excluding carboxylic acids is 1. The van der Waals surface area contributed by atoms with E-state index in [9.17, 15) is 10.1 Å². The molecule has 3 aromatic heterocycles. The van der Waals surface area contributed by atoms with Crippen molar-refractivity contribution in [1.29, 1.82) is 5.26 Å². The number of nitriles is 1. The van der Waals surface area contributed by atoms with Gasteiger partial charge in [-0.2, -0.15) is 10.4 Å². The average molecular weight is 507 g/mol. The van der Waals surface area contributed by atoms with Gasteiger partial charge in [0.25, 0.3) is 0 Å². The maximum Gasteiger partial charge on any atom is 0.328 e. The molecule has 37 heavy (non-hydrogen) atoms. The third-order valence-electron chi connectivity index (χ3n) is 6.07. The summed E-state index contributed by atoms with van der Waals surface area (Å²) in [4.78, 5) is 24.1. The molecule has 0 unspecified atom stereocenters. The third-order valence-corrected chi connectivity index (χ3v) is 6.07. The molecule has 4 rings (SSSR count). The van der Waals surface area contributed by atoms with Gasteiger partial charge in [-0.05, 0) is 30.5 Å². The Bertz CT molecular complexity index is 1300. The first-order chi connectivity index (χ1) is 18.0. The molecule has 12 nitrogen and oxygen atoms in total. The fourth-order valence-corrected chi connectivity index (χ4v) is 4.27. The van der Waals surface area contributed by atoms with Crippen LogP contribution in [0.1, 0.15) is 29.5 Å². The summed E-state index contributed by atoms with van der Waals surface area (Å²) in [6, 6.07) is 7.28. The van der Waals surface area contributed by atoms with Gasteiger partial charge in [-0.1, -0.05) is 0 Å². The third kappa shape index (κ3) is 5.54. The Kier molecular flexibility index (Phi) is 8.29. The molecule has 1 aliphatic heterocycles. The van der Waals surface area contributed by atoms with Gasteiger partial charge in [-0.3, -0.25) is 14.9 Å². The zero-order valence-electron chi connectivity index (χ0n) is 21.3. The summed E-state index contributed by atoms with van der Waals surface area (Å²) >= 11 is 0. The second kappa shape index (κ2) is 11.8. The van der Waals surface area contributed by atoms with Crippen LogP contribution in [0.2, 0.25) is 0 Å². The number of methoxy groups -OCH3 is 3. The summed E-state index contributed by atoms with van der Waals surface area (Å²) in [5.74, 6) is 0.852. The number of fused-ring (bicyclic) bond motifs is 1. The molecule has 0 spiro atoms. The largest absolute Gasteiger partial charge is 0.383 e. The van der Waals surface area contributed by atoms with Crippen LogP contribution >= 0.6 is 0 Å². The summed E-state index contributed by atoms with van der Waals surface area (Å²) in [5.41, 5.74) is 4.11. The molecular weight excluding hydrogens is 476 g/mol. The minimum atomic E-state index is -0.733. The molecule has 0 bridgehead atoms. The van der Waals surface area contributed by atoms with Crippen LogP contribution in [0.3, 0.4) is 0 Å². The SMILES string of the molecule is COCCNc1cc(NC(=O)N2CCCc3cc(-c4ccnn4C)c(C(OC)OC)nc32)ncc1C#N. The van der Waals surface area contributed by atoms with E-state index in [0.29, 0.717) is 48.3 Å². The minimum Gasteiger partial charge on any atom is -0.383 e. The molecule has 0 saturated heterocycles. The second-order valence-corrected chi connectivity index (χ2v) is 8.38. The lowest BCUT2D eigenvalue weighted by molar-refractivity contribution is -0.108. The fourth-order valence-electron chi connectivity index (χ4n) is 4.27. The molecule has 0 aliphatic carbocycles. The molecule has 0 fully saturated rings. The molecular formula is C25H30N8O4. The van der Waals surface area contributed by atoms with Crippen molar-refractivity contribution in [2.75, 3.05) is 56.6 Å². The van der Waals surface area contributed by atoms with Gasteiger partial charge < -0.3 is 19.5 Å². The molecule has 12 heteroatoms. The van der Waals surface area contributed by atoms with Crippen LogP contribution in [0, 0.1) is 11.3 Å². The van der Waals surface area contributed by atoms with E-state index in [2.05, 4.69) is 26.8 Å². The number of hydrogen-bond donors (Lipinski definition) is 2. The predicted octanol–water partition coefficient (Wildman–Crippen LogP) is 3.08. The van der Waals surface area contributed by atoms with Gasteiger partial charge in [0.05, 0.1) is 23.6 Å². The highest BCUT2D eigenvalue weighted by Crippen LogP contribution is 2.36. The van der Waals surface area contributed by atoms with E-state index in [-0.39, 0.29) is 6.03 Å². The maximum absolute atomic E-state index is 13.4. The number of aromatic nitrogens is 4. The van der Waals surface area contributed by atoms with Crippen LogP contribution in [0.4, 0.5) is 22.1 Å². The lowest BCUT2D eigenvalue weighted by atomic mass is 10.00. The molecule has 0 atom stereocenters. The van der Waals surface area contributed by atoms with Gasteiger partial charge in [0, 0.05) is 65.5 Å². The molecule has 1 aliphatic rings. The first-order valence-corrected chi connectivity index (χ1v) is 11.8. The maximum atomic E-state index is 13.4. The Morgan fingerprint density at radius 2 is 2.08 bits per heavy atom. The van der Waals surface area contributed by atoms with Crippen LogP contribution in [0.15, 0.2) is 30.6 Å². The van der Waals surface area contributed by atoms with E-state index in [0.717, 1.165) is 29.7 Å². The number of hydrogen-bond acceptors (Lipinski definition) is 9. The van der Waals surface area contributed by atoms with E-state index >= 15 is 0 Å². The summed E-state index contributed by atoms with van der Waals surface area (Å²) < 4.78 is 17.9. The number of urea groups is 1. The van der Waals surface area contributed by atoms with Crippen molar-refractivity contribution in [2.45, 2.75) is 19.1 Å². The molecule has 0 aromatic carbocycles. The molecule has 2 amide bonds. The van der Waals surface area contributed by atoms with Crippen molar-refractivity contribution >= 4 is 23.4 Å². The minimum absolute atomic E-state index is 0.314. The van der Waals surface area contributed by atoms with Crippen LogP contribution in [0.5, 0.6) is 0 Å². The van der Waals surface area contributed by atoms with Gasteiger partial charge in [0.2, 0.25) is 6.29 Å². The highest BCUT2D eigenvalue weighted by Gasteiger charge is 2.29. The Hall–Kier alpha value is -4.05.